The number of nitrogens with zero attached hydrogens (tertiary/aromatic N) is 1. The van der Waals surface area contributed by atoms with Crippen molar-refractivity contribution in [1.29, 1.82) is 0 Å². The summed E-state index contributed by atoms with van der Waals surface area (Å²) in [5.74, 6) is 0. The molecule has 0 unspecified atom stereocenters. The second-order valence-electron chi connectivity index (χ2n) is 4.11. The van der Waals surface area contributed by atoms with E-state index in [1.165, 1.54) is 0 Å². The quantitative estimate of drug-likeness (QED) is 0.405. The van der Waals surface area contributed by atoms with Crippen LogP contribution in [0, 0.1) is 0 Å². The summed E-state index contributed by atoms with van der Waals surface area (Å²) in [6.45, 7) is 9.56. The molecule has 0 saturated carbocycles. The summed E-state index contributed by atoms with van der Waals surface area (Å²) in [5.41, 5.74) is 0. The molecule has 1 radical (unpaired) electrons. The van der Waals surface area contributed by atoms with Gasteiger partial charge in [0.05, 0.1) is 0 Å². The third-order valence-corrected chi connectivity index (χ3v) is 2.43. The molecule has 0 aromatic rings. The van der Waals surface area contributed by atoms with Crippen LogP contribution in [0.5, 0.6) is 0 Å². The molecular formula is C14H30NO4. The molecule has 0 aromatic heterocycles. The van der Waals surface area contributed by atoms with Crippen LogP contribution >= 0.6 is 0 Å². The van der Waals surface area contributed by atoms with Crippen molar-refractivity contribution >= 4 is 0 Å². The number of rotatable bonds is 16. The second-order valence-corrected chi connectivity index (χ2v) is 4.11. The van der Waals surface area contributed by atoms with Crippen molar-refractivity contribution in [3.05, 3.63) is 0 Å². The summed E-state index contributed by atoms with van der Waals surface area (Å²) in [4.78, 5) is 0. The Morgan fingerprint density at radius 1 is 0.579 bits per heavy atom. The Kier molecular flexibility index (Phi) is 17.6. The van der Waals surface area contributed by atoms with Gasteiger partial charge in [0.1, 0.15) is 13.5 Å². The Morgan fingerprint density at radius 2 is 0.947 bits per heavy atom. The van der Waals surface area contributed by atoms with Gasteiger partial charge in [0.2, 0.25) is 0 Å². The van der Waals surface area contributed by atoms with Crippen LogP contribution in [-0.2, 0) is 18.9 Å². The Morgan fingerprint density at radius 3 is 1.32 bits per heavy atom. The van der Waals surface area contributed by atoms with E-state index in [0.717, 1.165) is 65.3 Å². The van der Waals surface area contributed by atoms with E-state index in [-0.39, 0.29) is 0 Å². The lowest BCUT2D eigenvalue weighted by Crippen LogP contribution is -2.15. The number of unbranched alkanes of at least 4 members (excludes halogenated alkanes) is 2. The van der Waals surface area contributed by atoms with E-state index in [2.05, 4.69) is 5.32 Å². The summed E-state index contributed by atoms with van der Waals surface area (Å²) in [5, 5.41) is 4.13. The monoisotopic (exact) mass is 276 g/mol. The SMILES string of the molecule is CCOCCCCOC[N]COCCCCOCC. The Bertz CT molecular complexity index is 142. The molecule has 19 heavy (non-hydrogen) atoms. The largest absolute Gasteiger partial charge is 0.382 e. The van der Waals surface area contributed by atoms with Crippen LogP contribution in [0.4, 0.5) is 0 Å². The molecule has 0 N–H and O–H groups in total. The average molecular weight is 276 g/mol. The summed E-state index contributed by atoms with van der Waals surface area (Å²) < 4.78 is 21.2. The van der Waals surface area contributed by atoms with Crippen LogP contribution < -0.4 is 5.32 Å². The van der Waals surface area contributed by atoms with Gasteiger partial charge in [-0.3, -0.25) is 0 Å². The highest BCUT2D eigenvalue weighted by Crippen LogP contribution is 1.92. The van der Waals surface area contributed by atoms with E-state index in [9.17, 15) is 0 Å². The molecule has 0 saturated heterocycles. The summed E-state index contributed by atoms with van der Waals surface area (Å²) in [6, 6.07) is 0. The fourth-order valence-electron chi connectivity index (χ4n) is 1.40. The van der Waals surface area contributed by atoms with Crippen molar-refractivity contribution in [2.24, 2.45) is 0 Å². The smallest absolute Gasteiger partial charge is 0.115 e. The highest BCUT2D eigenvalue weighted by molar-refractivity contribution is 4.39. The first-order valence-corrected chi connectivity index (χ1v) is 7.36. The van der Waals surface area contributed by atoms with Crippen molar-refractivity contribution in [2.45, 2.75) is 39.5 Å². The zero-order valence-electron chi connectivity index (χ0n) is 12.6. The van der Waals surface area contributed by atoms with Crippen molar-refractivity contribution in [2.75, 3.05) is 53.1 Å². The van der Waals surface area contributed by atoms with Crippen LogP contribution in [0.1, 0.15) is 39.5 Å². The topological polar surface area (TPSA) is 51.0 Å². The predicted molar refractivity (Wildman–Crippen MR) is 75.2 cm³/mol. The normalized spacial score (nSPS) is 11.1. The zero-order chi connectivity index (χ0) is 14.0. The van der Waals surface area contributed by atoms with Gasteiger partial charge in [0, 0.05) is 39.6 Å². The molecule has 0 aliphatic carbocycles. The lowest BCUT2D eigenvalue weighted by molar-refractivity contribution is 0.0479. The molecule has 0 rings (SSSR count). The van der Waals surface area contributed by atoms with Gasteiger partial charge >= 0.3 is 0 Å². The van der Waals surface area contributed by atoms with Gasteiger partial charge in [-0.2, -0.15) is 5.32 Å². The van der Waals surface area contributed by atoms with E-state index in [4.69, 9.17) is 18.9 Å². The minimum atomic E-state index is 0.424. The predicted octanol–water partition coefficient (Wildman–Crippen LogP) is 2.17. The van der Waals surface area contributed by atoms with E-state index < -0.39 is 0 Å². The fourth-order valence-corrected chi connectivity index (χ4v) is 1.40. The fraction of sp³-hybridized carbons (Fsp3) is 1.00. The van der Waals surface area contributed by atoms with E-state index in [0.29, 0.717) is 13.5 Å². The average Bonchev–Trinajstić information content (AvgIpc) is 2.43. The molecule has 0 atom stereocenters. The van der Waals surface area contributed by atoms with E-state index in [1.807, 2.05) is 13.8 Å². The Hall–Kier alpha value is -0.200. The molecule has 0 aliphatic rings. The van der Waals surface area contributed by atoms with Gasteiger partial charge in [0.25, 0.3) is 0 Å². The number of hydrogen-bond donors (Lipinski definition) is 0. The van der Waals surface area contributed by atoms with Gasteiger partial charge in [-0.1, -0.05) is 0 Å². The molecular weight excluding hydrogens is 246 g/mol. The van der Waals surface area contributed by atoms with Crippen molar-refractivity contribution in [3.63, 3.8) is 0 Å². The van der Waals surface area contributed by atoms with E-state index in [1.54, 1.807) is 0 Å². The van der Waals surface area contributed by atoms with E-state index >= 15 is 0 Å². The number of ether oxygens (including phenoxy) is 4. The molecule has 0 aromatic carbocycles. The van der Waals surface area contributed by atoms with Crippen molar-refractivity contribution < 1.29 is 18.9 Å². The lowest BCUT2D eigenvalue weighted by Gasteiger charge is -2.06. The molecule has 0 spiro atoms. The van der Waals surface area contributed by atoms with Gasteiger partial charge in [0.15, 0.2) is 0 Å². The maximum atomic E-state index is 5.35. The molecule has 0 amide bonds. The second kappa shape index (κ2) is 17.8. The first-order chi connectivity index (χ1) is 9.41. The molecule has 5 heteroatoms. The standard InChI is InChI=1S/C14H30NO4/c1-3-16-9-5-7-11-18-13-15-14-19-12-8-6-10-17-4-2/h3-14H2,1-2H3. The summed E-state index contributed by atoms with van der Waals surface area (Å²) >= 11 is 0. The van der Waals surface area contributed by atoms with Gasteiger partial charge in [-0.25, -0.2) is 0 Å². The minimum absolute atomic E-state index is 0.424. The first-order valence-electron chi connectivity index (χ1n) is 7.36. The van der Waals surface area contributed by atoms with Crippen LogP contribution in [0.15, 0.2) is 0 Å². The third kappa shape index (κ3) is 17.8. The highest BCUT2D eigenvalue weighted by atomic mass is 16.5. The molecule has 5 nitrogen and oxygen atoms in total. The van der Waals surface area contributed by atoms with Crippen LogP contribution in [0.25, 0.3) is 0 Å². The molecule has 0 heterocycles. The molecule has 115 valence electrons. The Balaban J connectivity index is 2.88. The Labute approximate surface area is 117 Å². The maximum absolute atomic E-state index is 5.35. The highest BCUT2D eigenvalue weighted by Gasteiger charge is 1.93. The van der Waals surface area contributed by atoms with Gasteiger partial charge in [-0.05, 0) is 39.5 Å². The van der Waals surface area contributed by atoms with Crippen LogP contribution in [-0.4, -0.2) is 53.1 Å². The van der Waals surface area contributed by atoms with Crippen molar-refractivity contribution in [1.82, 2.24) is 5.32 Å². The molecule has 0 aliphatic heterocycles. The van der Waals surface area contributed by atoms with Gasteiger partial charge < -0.3 is 18.9 Å². The van der Waals surface area contributed by atoms with Crippen molar-refractivity contribution in [3.8, 4) is 0 Å². The third-order valence-electron chi connectivity index (χ3n) is 2.43. The summed E-state index contributed by atoms with van der Waals surface area (Å²) in [6.07, 6.45) is 4.13. The first kappa shape index (κ1) is 18.8. The molecule has 0 fully saturated rings. The summed E-state index contributed by atoms with van der Waals surface area (Å²) in [7, 11) is 0. The molecule has 0 bridgehead atoms. The van der Waals surface area contributed by atoms with Crippen LogP contribution in [0.3, 0.4) is 0 Å². The van der Waals surface area contributed by atoms with Gasteiger partial charge in [-0.15, -0.1) is 0 Å². The lowest BCUT2D eigenvalue weighted by atomic mass is 10.3. The zero-order valence-corrected chi connectivity index (χ0v) is 12.6. The van der Waals surface area contributed by atoms with Crippen LogP contribution in [0.2, 0.25) is 0 Å². The minimum Gasteiger partial charge on any atom is -0.382 e. The number of hydrogen-bond acceptors (Lipinski definition) is 4. The maximum Gasteiger partial charge on any atom is 0.115 e.